The molecule has 0 atom stereocenters. The van der Waals surface area contributed by atoms with Gasteiger partial charge < -0.3 is 9.13 Å². The van der Waals surface area contributed by atoms with Crippen LogP contribution in [0.5, 0.6) is 0 Å². The largest absolute Gasteiger partial charge is 2.00 e. The molecule has 0 aliphatic rings. The topological polar surface area (TPSA) is 9.86 Å². The van der Waals surface area contributed by atoms with E-state index in [9.17, 15) is 0 Å². The van der Waals surface area contributed by atoms with E-state index in [-0.39, 0.29) is 26.2 Å². The first kappa shape index (κ1) is 23.5. The summed E-state index contributed by atoms with van der Waals surface area (Å²) in [6, 6.07) is 47.1. The smallest absolute Gasteiger partial charge is 0.396 e. The predicted molar refractivity (Wildman–Crippen MR) is 153 cm³/mol. The van der Waals surface area contributed by atoms with E-state index in [1.807, 2.05) is 0 Å². The zero-order valence-electron chi connectivity index (χ0n) is 20.3. The Morgan fingerprint density at radius 2 is 0.757 bits per heavy atom. The van der Waals surface area contributed by atoms with Gasteiger partial charge in [0.05, 0.1) is 0 Å². The molecule has 6 aromatic carbocycles. The van der Waals surface area contributed by atoms with Gasteiger partial charge in [-0.3, -0.25) is 0 Å². The third-order valence-electron chi connectivity index (χ3n) is 7.03. The molecule has 2 heterocycles. The Labute approximate surface area is 234 Å². The van der Waals surface area contributed by atoms with Crippen molar-refractivity contribution >= 4 is 43.4 Å². The number of nitrogens with zero attached hydrogens (tertiary/aromatic N) is 2. The summed E-state index contributed by atoms with van der Waals surface area (Å²) in [5.41, 5.74) is 5.03. The number of aromatic nitrogens is 2. The van der Waals surface area contributed by atoms with Crippen LogP contribution in [-0.4, -0.2) is 9.13 Å². The van der Waals surface area contributed by atoms with E-state index in [1.54, 1.807) is 0 Å². The second kappa shape index (κ2) is 9.84. The van der Waals surface area contributed by atoms with Crippen LogP contribution in [0.15, 0.2) is 146 Å². The third kappa shape index (κ3) is 4.10. The third-order valence-corrected chi connectivity index (χ3v) is 7.03. The van der Waals surface area contributed by atoms with E-state index < -0.39 is 0 Å². The van der Waals surface area contributed by atoms with Crippen LogP contribution in [0.3, 0.4) is 0 Å². The van der Waals surface area contributed by atoms with Crippen LogP contribution < -0.4 is 0 Å². The summed E-state index contributed by atoms with van der Waals surface area (Å²) in [6.07, 6.45) is 4.29. The molecule has 0 aliphatic carbocycles. The maximum absolute atomic E-state index is 2.26. The van der Waals surface area contributed by atoms with Crippen molar-refractivity contribution < 1.29 is 26.2 Å². The molecule has 0 N–H and O–H groups in total. The van der Waals surface area contributed by atoms with E-state index in [1.165, 1.54) is 54.7 Å². The second-order valence-corrected chi connectivity index (χ2v) is 9.10. The Morgan fingerprint density at radius 1 is 0.378 bits per heavy atom. The van der Waals surface area contributed by atoms with Gasteiger partial charge in [-0.05, 0) is 45.6 Å². The Hall–Kier alpha value is -3.94. The minimum atomic E-state index is 0. The van der Waals surface area contributed by atoms with Crippen molar-refractivity contribution in [2.45, 2.75) is 0 Å². The summed E-state index contributed by atoms with van der Waals surface area (Å²) >= 11 is 0. The molecule has 0 bridgehead atoms. The Morgan fingerprint density at radius 3 is 1.22 bits per heavy atom. The SMILES string of the molecule is [Zr+2].c1ccc2c(c1)cc[c-]2-n1ccc2ccccc21.c1ccc2c(c1)cc[c-]2-n1ccc2ccccc21. The van der Waals surface area contributed by atoms with Gasteiger partial charge in [-0.2, -0.15) is 0 Å². The summed E-state index contributed by atoms with van der Waals surface area (Å²) < 4.78 is 4.52. The maximum Gasteiger partial charge on any atom is 2.00 e. The zero-order chi connectivity index (χ0) is 23.9. The van der Waals surface area contributed by atoms with Crippen molar-refractivity contribution in [3.8, 4) is 11.4 Å². The van der Waals surface area contributed by atoms with Crippen LogP contribution in [0.2, 0.25) is 0 Å². The predicted octanol–water partition coefficient (Wildman–Crippen LogP) is 9.00. The summed E-state index contributed by atoms with van der Waals surface area (Å²) in [5, 5.41) is 7.76. The summed E-state index contributed by atoms with van der Waals surface area (Å²) in [6.45, 7) is 0. The van der Waals surface area contributed by atoms with Crippen LogP contribution in [0.1, 0.15) is 0 Å². The molecule has 0 radical (unpaired) electrons. The zero-order valence-corrected chi connectivity index (χ0v) is 22.7. The fourth-order valence-corrected chi connectivity index (χ4v) is 5.27. The van der Waals surface area contributed by atoms with Crippen LogP contribution in [0.25, 0.3) is 54.7 Å². The van der Waals surface area contributed by atoms with E-state index in [4.69, 9.17) is 0 Å². The van der Waals surface area contributed by atoms with Gasteiger partial charge in [0.15, 0.2) is 0 Å². The Kier molecular flexibility index (Phi) is 6.24. The van der Waals surface area contributed by atoms with Crippen LogP contribution >= 0.6 is 0 Å². The normalized spacial score (nSPS) is 11.0. The standard InChI is InChI=1S/2C17H12N.Zr/c2*1-3-7-15-13(5-1)9-10-17(15)18-12-11-14-6-2-4-8-16(14)18;/h2*1-12H;/q2*-1;+2. The van der Waals surface area contributed by atoms with Gasteiger partial charge in [0, 0.05) is 0 Å². The molecule has 3 heteroatoms. The maximum atomic E-state index is 2.26. The summed E-state index contributed by atoms with van der Waals surface area (Å²) in [4.78, 5) is 0. The van der Waals surface area contributed by atoms with E-state index in [2.05, 4.69) is 155 Å². The van der Waals surface area contributed by atoms with Gasteiger partial charge in [-0.25, -0.2) is 0 Å². The quantitative estimate of drug-likeness (QED) is 0.190. The van der Waals surface area contributed by atoms with E-state index >= 15 is 0 Å². The van der Waals surface area contributed by atoms with Crippen LogP contribution in [0.4, 0.5) is 0 Å². The molecule has 0 saturated heterocycles. The molecule has 8 aromatic rings. The number of para-hydroxylation sites is 2. The van der Waals surface area contributed by atoms with E-state index in [0.717, 1.165) is 0 Å². The molecule has 0 aliphatic heterocycles. The second-order valence-electron chi connectivity index (χ2n) is 9.10. The van der Waals surface area contributed by atoms with Gasteiger partial charge in [0.2, 0.25) is 0 Å². The average molecular weight is 552 g/mol. The van der Waals surface area contributed by atoms with Crippen molar-refractivity contribution in [1.82, 2.24) is 9.13 Å². The molecule has 0 unspecified atom stereocenters. The van der Waals surface area contributed by atoms with Crippen LogP contribution in [0, 0.1) is 0 Å². The molecule has 2 aromatic heterocycles. The average Bonchev–Trinajstić information content (AvgIpc) is 3.72. The fourth-order valence-electron chi connectivity index (χ4n) is 5.27. The minimum Gasteiger partial charge on any atom is -0.396 e. The van der Waals surface area contributed by atoms with E-state index in [0.29, 0.717) is 0 Å². The minimum absolute atomic E-state index is 0. The van der Waals surface area contributed by atoms with Crippen molar-refractivity contribution in [3.63, 3.8) is 0 Å². The Bertz CT molecular complexity index is 1670. The molecule has 0 saturated carbocycles. The molecule has 2 nitrogen and oxygen atoms in total. The summed E-state index contributed by atoms with van der Waals surface area (Å²) in [5.74, 6) is 0. The Balaban J connectivity index is 0.000000133. The molecule has 174 valence electrons. The first-order chi connectivity index (χ1) is 17.9. The van der Waals surface area contributed by atoms with Crippen molar-refractivity contribution in [1.29, 1.82) is 0 Å². The molecule has 8 rings (SSSR count). The monoisotopic (exact) mass is 550 g/mol. The van der Waals surface area contributed by atoms with Gasteiger partial charge in [0.25, 0.3) is 0 Å². The molecule has 0 spiro atoms. The first-order valence-corrected chi connectivity index (χ1v) is 12.3. The first-order valence-electron chi connectivity index (χ1n) is 12.3. The van der Waals surface area contributed by atoms with Crippen molar-refractivity contribution in [3.05, 3.63) is 146 Å². The van der Waals surface area contributed by atoms with Crippen molar-refractivity contribution in [2.24, 2.45) is 0 Å². The molecule has 0 fully saturated rings. The number of rotatable bonds is 2. The summed E-state index contributed by atoms with van der Waals surface area (Å²) in [7, 11) is 0. The van der Waals surface area contributed by atoms with Crippen molar-refractivity contribution in [2.75, 3.05) is 0 Å². The fraction of sp³-hybridized carbons (Fsp3) is 0. The number of hydrogen-bond acceptors (Lipinski definition) is 0. The number of benzene rings is 4. The number of hydrogen-bond donors (Lipinski definition) is 0. The van der Waals surface area contributed by atoms with Crippen LogP contribution in [-0.2, 0) is 26.2 Å². The van der Waals surface area contributed by atoms with Gasteiger partial charge >= 0.3 is 26.2 Å². The van der Waals surface area contributed by atoms with Gasteiger partial charge in [-0.15, -0.1) is 24.3 Å². The molecule has 0 amide bonds. The molecule has 37 heavy (non-hydrogen) atoms. The molecular weight excluding hydrogens is 528 g/mol. The molecular formula is C34H24N2Zr. The van der Waals surface area contributed by atoms with Gasteiger partial charge in [0.1, 0.15) is 0 Å². The number of fused-ring (bicyclic) bond motifs is 4. The van der Waals surface area contributed by atoms with Gasteiger partial charge in [-0.1, -0.05) is 131 Å².